The fraction of sp³-hybridized carbons (Fsp3) is 0.917. The van der Waals surface area contributed by atoms with Gasteiger partial charge in [-0.2, -0.15) is 0 Å². The molecule has 0 spiro atoms. The molecule has 1 fully saturated rings. The molecule has 1 saturated carbocycles. The average molecular weight is 196 g/mol. The normalized spacial score (nSPS) is 19.4. The largest absolute Gasteiger partial charge is 0.273 e. The summed E-state index contributed by atoms with van der Waals surface area (Å²) in [7, 11) is 0. The second-order valence-electron chi connectivity index (χ2n) is 4.76. The monoisotopic (exact) mass is 196 g/mol. The van der Waals surface area contributed by atoms with E-state index in [1.807, 2.05) is 0 Å². The molecule has 1 aliphatic rings. The van der Waals surface area contributed by atoms with Gasteiger partial charge >= 0.3 is 0 Å². The third-order valence-electron chi connectivity index (χ3n) is 2.82. The smallest absolute Gasteiger partial charge is 0.244 e. The van der Waals surface area contributed by atoms with Crippen LogP contribution in [0.3, 0.4) is 0 Å². The molecule has 0 heterocycles. The second kappa shape index (κ2) is 6.05. The molecule has 0 aromatic heterocycles. The van der Waals surface area contributed by atoms with E-state index in [9.17, 15) is 4.79 Å². The van der Waals surface area contributed by atoms with Crippen LogP contribution in [0.1, 0.15) is 52.4 Å². The zero-order valence-corrected chi connectivity index (χ0v) is 9.46. The van der Waals surface area contributed by atoms with E-state index in [0.29, 0.717) is 12.5 Å². The molecule has 0 aromatic carbocycles. The maximum Gasteiger partial charge on any atom is 0.244 e. The van der Waals surface area contributed by atoms with Crippen molar-refractivity contribution in [2.45, 2.75) is 52.4 Å². The quantitative estimate of drug-likeness (QED) is 0.638. The van der Waals surface area contributed by atoms with Crippen molar-refractivity contribution < 1.29 is 4.79 Å². The van der Waals surface area contributed by atoms with Gasteiger partial charge in [0.2, 0.25) is 5.91 Å². The van der Waals surface area contributed by atoms with Crippen LogP contribution < -0.4 is 5.32 Å². The highest BCUT2D eigenvalue weighted by atomic mass is 16.1. The Morgan fingerprint density at radius 2 is 1.79 bits per heavy atom. The Hall–Kier alpha value is -0.530. The Balaban J connectivity index is 2.27. The lowest BCUT2D eigenvalue weighted by atomic mass is 9.99. The number of rotatable bonds is 3. The Kier molecular flexibility index (Phi) is 4.99. The average Bonchev–Trinajstić information content (AvgIpc) is 2.42. The molecular weight excluding hydrogens is 174 g/mol. The lowest BCUT2D eigenvalue weighted by Gasteiger charge is -2.12. The molecule has 0 bridgehead atoms. The minimum atomic E-state index is 0.167. The highest BCUT2D eigenvalue weighted by Crippen LogP contribution is 2.23. The van der Waals surface area contributed by atoms with E-state index in [-0.39, 0.29) is 11.8 Å². The van der Waals surface area contributed by atoms with Crippen molar-refractivity contribution in [3.63, 3.8) is 0 Å². The van der Waals surface area contributed by atoms with Gasteiger partial charge in [-0.1, -0.05) is 39.5 Å². The maximum atomic E-state index is 11.7. The van der Waals surface area contributed by atoms with Gasteiger partial charge in [0.1, 0.15) is 0 Å². The van der Waals surface area contributed by atoms with Crippen molar-refractivity contribution in [1.82, 2.24) is 5.32 Å². The summed E-state index contributed by atoms with van der Waals surface area (Å²) < 4.78 is 0. The van der Waals surface area contributed by atoms with Crippen LogP contribution in [0.5, 0.6) is 0 Å². The molecule has 1 amide bonds. The summed E-state index contributed by atoms with van der Waals surface area (Å²) in [5.41, 5.74) is 0. The maximum absolute atomic E-state index is 11.7. The summed E-state index contributed by atoms with van der Waals surface area (Å²) in [5, 5.41) is 4.15. The number of nitrogens with zero attached hydrogens (tertiary/aromatic N) is 1. The highest BCUT2D eigenvalue weighted by molar-refractivity contribution is 5.78. The van der Waals surface area contributed by atoms with Gasteiger partial charge in [0.25, 0.3) is 0 Å². The van der Waals surface area contributed by atoms with Crippen LogP contribution in [0, 0.1) is 11.8 Å². The molecule has 0 saturated heterocycles. The number of carbonyl (C=O) groups excluding carboxylic acids is 1. The molecule has 2 nitrogen and oxygen atoms in total. The zero-order valence-electron chi connectivity index (χ0n) is 9.46. The second-order valence-corrected chi connectivity index (χ2v) is 4.76. The van der Waals surface area contributed by atoms with E-state index >= 15 is 0 Å². The first kappa shape index (κ1) is 11.5. The molecule has 81 valence electrons. The highest BCUT2D eigenvalue weighted by Gasteiger charge is 2.20. The van der Waals surface area contributed by atoms with E-state index in [1.54, 1.807) is 0 Å². The Morgan fingerprint density at radius 1 is 1.21 bits per heavy atom. The molecular formula is C12H22NO. The molecule has 0 unspecified atom stereocenters. The fourth-order valence-electron chi connectivity index (χ4n) is 1.93. The Morgan fingerprint density at radius 3 is 2.29 bits per heavy atom. The van der Waals surface area contributed by atoms with E-state index in [0.717, 1.165) is 12.8 Å². The molecule has 0 atom stereocenters. The molecule has 0 aliphatic heterocycles. The van der Waals surface area contributed by atoms with Gasteiger partial charge < -0.3 is 0 Å². The summed E-state index contributed by atoms with van der Waals surface area (Å²) >= 11 is 0. The van der Waals surface area contributed by atoms with Crippen LogP contribution in [0.25, 0.3) is 0 Å². The van der Waals surface area contributed by atoms with Gasteiger partial charge in [-0.3, -0.25) is 10.1 Å². The molecule has 14 heavy (non-hydrogen) atoms. The first-order valence-electron chi connectivity index (χ1n) is 5.91. The standard InChI is InChI=1S/C12H22NO/c1-10(2)9-13-12(14)11-7-5-3-4-6-8-11/h10-11H,3-9H2,1-2H3. The van der Waals surface area contributed by atoms with Crippen LogP contribution >= 0.6 is 0 Å². The first-order valence-corrected chi connectivity index (χ1v) is 5.91. The van der Waals surface area contributed by atoms with Crippen LogP contribution in [0.15, 0.2) is 0 Å². The minimum absolute atomic E-state index is 0.167. The SMILES string of the molecule is CC(C)C[N]C(=O)C1CCCCCC1. The topological polar surface area (TPSA) is 31.2 Å². The summed E-state index contributed by atoms with van der Waals surface area (Å²) in [4.78, 5) is 11.7. The van der Waals surface area contributed by atoms with Gasteiger partial charge in [0.15, 0.2) is 0 Å². The van der Waals surface area contributed by atoms with E-state index in [4.69, 9.17) is 0 Å². The molecule has 1 rings (SSSR count). The number of hydrogen-bond acceptors (Lipinski definition) is 1. The van der Waals surface area contributed by atoms with Crippen molar-refractivity contribution in [2.75, 3.05) is 6.54 Å². The van der Waals surface area contributed by atoms with E-state index < -0.39 is 0 Å². The molecule has 1 aliphatic carbocycles. The van der Waals surface area contributed by atoms with Gasteiger partial charge in [0.05, 0.1) is 0 Å². The van der Waals surface area contributed by atoms with Crippen LogP contribution in [0.2, 0.25) is 0 Å². The van der Waals surface area contributed by atoms with Crippen molar-refractivity contribution in [2.24, 2.45) is 11.8 Å². The molecule has 0 N–H and O–H groups in total. The summed E-state index contributed by atoms with van der Waals surface area (Å²) in [5.74, 6) is 0.918. The van der Waals surface area contributed by atoms with Crippen molar-refractivity contribution in [3.8, 4) is 0 Å². The number of amides is 1. The molecule has 0 aromatic rings. The van der Waals surface area contributed by atoms with Crippen LogP contribution in [-0.4, -0.2) is 12.5 Å². The zero-order chi connectivity index (χ0) is 10.4. The van der Waals surface area contributed by atoms with Crippen molar-refractivity contribution in [3.05, 3.63) is 0 Å². The Labute approximate surface area is 87.5 Å². The van der Waals surface area contributed by atoms with E-state index in [2.05, 4.69) is 19.2 Å². The van der Waals surface area contributed by atoms with Crippen molar-refractivity contribution in [1.29, 1.82) is 0 Å². The molecule has 1 radical (unpaired) electrons. The van der Waals surface area contributed by atoms with Crippen LogP contribution in [0.4, 0.5) is 0 Å². The summed E-state index contributed by atoms with van der Waals surface area (Å²) in [6, 6.07) is 0. The predicted molar refractivity (Wildman–Crippen MR) is 58.0 cm³/mol. The predicted octanol–water partition coefficient (Wildman–Crippen LogP) is 2.74. The molecule has 2 heteroatoms. The van der Waals surface area contributed by atoms with Crippen molar-refractivity contribution >= 4 is 5.91 Å². The summed E-state index contributed by atoms with van der Waals surface area (Å²) in [6.45, 7) is 4.91. The Bertz CT molecular complexity index is 169. The number of hydrogen-bond donors (Lipinski definition) is 0. The van der Waals surface area contributed by atoms with E-state index in [1.165, 1.54) is 25.7 Å². The summed E-state index contributed by atoms with van der Waals surface area (Å²) in [6.07, 6.45) is 7.17. The van der Waals surface area contributed by atoms with Gasteiger partial charge in [-0.25, -0.2) is 0 Å². The number of carbonyl (C=O) groups is 1. The van der Waals surface area contributed by atoms with Gasteiger partial charge in [0, 0.05) is 12.5 Å². The lowest BCUT2D eigenvalue weighted by Crippen LogP contribution is -2.27. The lowest BCUT2D eigenvalue weighted by molar-refractivity contribution is -0.125. The fourth-order valence-corrected chi connectivity index (χ4v) is 1.93. The third-order valence-corrected chi connectivity index (χ3v) is 2.82. The van der Waals surface area contributed by atoms with Gasteiger partial charge in [-0.05, 0) is 18.8 Å². The first-order chi connectivity index (χ1) is 6.70. The minimum Gasteiger partial charge on any atom is -0.273 e. The third kappa shape index (κ3) is 4.12. The van der Waals surface area contributed by atoms with Crippen LogP contribution in [-0.2, 0) is 4.79 Å². The van der Waals surface area contributed by atoms with Gasteiger partial charge in [-0.15, -0.1) is 0 Å².